The van der Waals surface area contributed by atoms with Crippen LogP contribution in [0.5, 0.6) is 11.5 Å². The van der Waals surface area contributed by atoms with Gasteiger partial charge in [-0.15, -0.1) is 0 Å². The van der Waals surface area contributed by atoms with Gasteiger partial charge in [0.2, 0.25) is 0 Å². The molecule has 0 aliphatic heterocycles. The first-order chi connectivity index (χ1) is 10.1. The summed E-state index contributed by atoms with van der Waals surface area (Å²) < 4.78 is 5.78. The van der Waals surface area contributed by atoms with E-state index in [9.17, 15) is 4.79 Å². The van der Waals surface area contributed by atoms with Crippen LogP contribution in [0.1, 0.15) is 38.7 Å². The summed E-state index contributed by atoms with van der Waals surface area (Å²) in [7, 11) is 0. The Labute approximate surface area is 126 Å². The number of carbonyl (C=O) groups excluding carboxylic acids is 1. The molecular formula is C19H22O2. The Morgan fingerprint density at radius 1 is 0.952 bits per heavy atom. The lowest BCUT2D eigenvalue weighted by molar-refractivity contribution is -0.121. The third-order valence-corrected chi connectivity index (χ3v) is 3.58. The zero-order valence-corrected chi connectivity index (χ0v) is 12.9. The lowest BCUT2D eigenvalue weighted by Crippen LogP contribution is -2.17. The second-order valence-electron chi connectivity index (χ2n) is 5.53. The molecule has 2 aromatic rings. The predicted molar refractivity (Wildman–Crippen MR) is 85.8 cm³/mol. The highest BCUT2D eigenvalue weighted by atomic mass is 16.5. The van der Waals surface area contributed by atoms with Crippen LogP contribution >= 0.6 is 0 Å². The number of hydrogen-bond acceptors (Lipinski definition) is 2. The number of rotatable bonds is 6. The average molecular weight is 282 g/mol. The molecule has 0 spiro atoms. The van der Waals surface area contributed by atoms with E-state index in [1.54, 1.807) is 0 Å². The van der Waals surface area contributed by atoms with E-state index in [4.69, 9.17) is 4.74 Å². The normalized spacial score (nSPS) is 12.2. The van der Waals surface area contributed by atoms with Crippen molar-refractivity contribution in [3.8, 4) is 11.5 Å². The van der Waals surface area contributed by atoms with Gasteiger partial charge in [-0.2, -0.15) is 0 Å². The molecular weight excluding hydrogens is 260 g/mol. The van der Waals surface area contributed by atoms with Crippen molar-refractivity contribution in [3.63, 3.8) is 0 Å². The fourth-order valence-corrected chi connectivity index (χ4v) is 2.53. The van der Waals surface area contributed by atoms with E-state index < -0.39 is 0 Å². The summed E-state index contributed by atoms with van der Waals surface area (Å²) in [6.07, 6.45) is 0.575. The highest BCUT2D eigenvalue weighted by Gasteiger charge is 2.22. The summed E-state index contributed by atoms with van der Waals surface area (Å²) in [5.74, 6) is 2.17. The summed E-state index contributed by atoms with van der Waals surface area (Å²) >= 11 is 0. The van der Waals surface area contributed by atoms with Gasteiger partial charge in [-0.3, -0.25) is 4.79 Å². The van der Waals surface area contributed by atoms with Crippen LogP contribution in [-0.2, 0) is 4.79 Å². The van der Waals surface area contributed by atoms with Gasteiger partial charge in [-0.25, -0.2) is 0 Å². The van der Waals surface area contributed by atoms with Gasteiger partial charge < -0.3 is 4.74 Å². The number of ketones is 1. The van der Waals surface area contributed by atoms with E-state index in [1.807, 2.05) is 61.5 Å². The van der Waals surface area contributed by atoms with Gasteiger partial charge in [-0.1, -0.05) is 51.1 Å². The maximum atomic E-state index is 12.1. The summed E-state index contributed by atoms with van der Waals surface area (Å²) in [6.45, 7) is 6.10. The molecule has 0 aliphatic rings. The van der Waals surface area contributed by atoms with Crippen LogP contribution in [0.2, 0.25) is 0 Å². The van der Waals surface area contributed by atoms with Gasteiger partial charge in [0.1, 0.15) is 17.3 Å². The Morgan fingerprint density at radius 2 is 1.52 bits per heavy atom. The van der Waals surface area contributed by atoms with Crippen molar-refractivity contribution in [2.75, 3.05) is 0 Å². The molecule has 0 fully saturated rings. The molecule has 2 heteroatoms. The summed E-state index contributed by atoms with van der Waals surface area (Å²) in [5.41, 5.74) is 1.07. The quantitative estimate of drug-likeness (QED) is 0.728. The zero-order chi connectivity index (χ0) is 15.2. The fourth-order valence-electron chi connectivity index (χ4n) is 2.53. The van der Waals surface area contributed by atoms with Crippen LogP contribution in [0.4, 0.5) is 0 Å². The maximum absolute atomic E-state index is 12.1. The second-order valence-corrected chi connectivity index (χ2v) is 5.53. The number of benzene rings is 2. The minimum Gasteiger partial charge on any atom is -0.457 e. The Morgan fingerprint density at radius 3 is 2.05 bits per heavy atom. The van der Waals surface area contributed by atoms with Crippen molar-refractivity contribution in [1.82, 2.24) is 0 Å². The molecule has 2 aromatic carbocycles. The first-order valence-corrected chi connectivity index (χ1v) is 7.47. The number of carbonyl (C=O) groups is 1. The number of ether oxygens (including phenoxy) is 1. The summed E-state index contributed by atoms with van der Waals surface area (Å²) in [5, 5.41) is 0. The molecule has 0 aromatic heterocycles. The topological polar surface area (TPSA) is 26.3 Å². The molecule has 0 heterocycles. The average Bonchev–Trinajstić information content (AvgIpc) is 2.49. The molecule has 0 aliphatic carbocycles. The number of para-hydroxylation sites is 1. The predicted octanol–water partition coefficient (Wildman–Crippen LogP) is 5.20. The van der Waals surface area contributed by atoms with Crippen molar-refractivity contribution in [2.24, 2.45) is 5.92 Å². The molecule has 0 saturated carbocycles. The van der Waals surface area contributed by atoms with Gasteiger partial charge in [-0.05, 0) is 35.7 Å². The lowest BCUT2D eigenvalue weighted by Gasteiger charge is -2.19. The Balaban J connectivity index is 2.16. The largest absolute Gasteiger partial charge is 0.457 e. The third kappa shape index (κ3) is 3.94. The first-order valence-electron chi connectivity index (χ1n) is 7.47. The second kappa shape index (κ2) is 7.07. The smallest absolute Gasteiger partial charge is 0.140 e. The zero-order valence-electron chi connectivity index (χ0n) is 12.9. The van der Waals surface area contributed by atoms with Gasteiger partial charge in [0.15, 0.2) is 0 Å². The van der Waals surface area contributed by atoms with Crippen LogP contribution in [0, 0.1) is 5.92 Å². The van der Waals surface area contributed by atoms with E-state index in [0.717, 1.165) is 17.1 Å². The molecule has 1 atom stereocenters. The molecule has 0 amide bonds. The Bertz CT molecular complexity index is 570. The van der Waals surface area contributed by atoms with Crippen LogP contribution in [-0.4, -0.2) is 5.78 Å². The Hall–Kier alpha value is -2.09. The van der Waals surface area contributed by atoms with Crippen LogP contribution in [0.3, 0.4) is 0 Å². The molecule has 21 heavy (non-hydrogen) atoms. The first kappa shape index (κ1) is 15.3. The van der Waals surface area contributed by atoms with Crippen molar-refractivity contribution in [2.45, 2.75) is 33.1 Å². The van der Waals surface area contributed by atoms with Crippen LogP contribution in [0.25, 0.3) is 0 Å². The maximum Gasteiger partial charge on any atom is 0.140 e. The van der Waals surface area contributed by atoms with E-state index in [2.05, 4.69) is 13.8 Å². The van der Waals surface area contributed by atoms with E-state index >= 15 is 0 Å². The Kier molecular flexibility index (Phi) is 5.15. The van der Waals surface area contributed by atoms with Crippen molar-refractivity contribution < 1.29 is 9.53 Å². The molecule has 1 unspecified atom stereocenters. The van der Waals surface area contributed by atoms with E-state index in [0.29, 0.717) is 18.1 Å². The van der Waals surface area contributed by atoms with Gasteiger partial charge >= 0.3 is 0 Å². The third-order valence-electron chi connectivity index (χ3n) is 3.58. The highest BCUT2D eigenvalue weighted by Crippen LogP contribution is 2.29. The lowest BCUT2D eigenvalue weighted by atomic mass is 9.84. The van der Waals surface area contributed by atoms with E-state index in [-0.39, 0.29) is 5.92 Å². The summed E-state index contributed by atoms with van der Waals surface area (Å²) in [6, 6.07) is 17.5. The van der Waals surface area contributed by atoms with Gasteiger partial charge in [0.05, 0.1) is 0 Å². The fraction of sp³-hybridized carbons (Fsp3) is 0.316. The molecule has 0 saturated heterocycles. The van der Waals surface area contributed by atoms with Crippen molar-refractivity contribution in [1.29, 1.82) is 0 Å². The van der Waals surface area contributed by atoms with Gasteiger partial charge in [0, 0.05) is 12.3 Å². The molecule has 0 N–H and O–H groups in total. The minimum atomic E-state index is -0.0271. The number of hydrogen-bond donors (Lipinski definition) is 0. The molecule has 110 valence electrons. The van der Waals surface area contributed by atoms with Crippen molar-refractivity contribution >= 4 is 5.78 Å². The highest BCUT2D eigenvalue weighted by molar-refractivity contribution is 5.85. The van der Waals surface area contributed by atoms with Gasteiger partial charge in [0.25, 0.3) is 0 Å². The minimum absolute atomic E-state index is 0.0271. The summed E-state index contributed by atoms with van der Waals surface area (Å²) in [4.78, 5) is 12.1. The molecule has 0 bridgehead atoms. The van der Waals surface area contributed by atoms with Crippen LogP contribution in [0.15, 0.2) is 54.6 Å². The SMILES string of the molecule is CCC(=O)C(c1ccc(Oc2ccccc2)cc1)C(C)C. The number of Topliss-reactive ketones (excluding diaryl/α,β-unsaturated/α-hetero) is 1. The monoisotopic (exact) mass is 282 g/mol. The van der Waals surface area contributed by atoms with E-state index in [1.165, 1.54) is 0 Å². The molecule has 2 rings (SSSR count). The standard InChI is InChI=1S/C19H22O2/c1-4-18(20)19(14(2)3)15-10-12-17(13-11-15)21-16-8-6-5-7-9-16/h5-14,19H,4H2,1-3H3. The molecule has 0 radical (unpaired) electrons. The molecule has 2 nitrogen and oxygen atoms in total. The van der Waals surface area contributed by atoms with Crippen molar-refractivity contribution in [3.05, 3.63) is 60.2 Å². The van der Waals surface area contributed by atoms with Crippen LogP contribution < -0.4 is 4.74 Å².